The van der Waals surface area contributed by atoms with E-state index in [-0.39, 0.29) is 11.9 Å². The third kappa shape index (κ3) is 1.80. The minimum absolute atomic E-state index is 0.110. The molecular weight excluding hydrogens is 180 g/mol. The smallest absolute Gasteiger partial charge is 0.287 e. The molecule has 2 N–H and O–H groups in total. The number of amides is 1. The fraction of sp³-hybridized carbons (Fsp3) is 0.500. The van der Waals surface area contributed by atoms with Crippen LogP contribution in [-0.4, -0.2) is 25.0 Å². The average molecular weight is 194 g/mol. The van der Waals surface area contributed by atoms with Crippen LogP contribution in [0.25, 0.3) is 0 Å². The number of hydrogen-bond donors (Lipinski definition) is 2. The van der Waals surface area contributed by atoms with E-state index in [2.05, 4.69) is 10.6 Å². The van der Waals surface area contributed by atoms with E-state index >= 15 is 0 Å². The summed E-state index contributed by atoms with van der Waals surface area (Å²) in [4.78, 5) is 11.6. The zero-order chi connectivity index (χ0) is 9.97. The zero-order valence-corrected chi connectivity index (χ0v) is 8.17. The van der Waals surface area contributed by atoms with Crippen LogP contribution in [-0.2, 0) is 0 Å². The SMILES string of the molecule is Cc1ccoc1C(=O)NC1CCNC1. The van der Waals surface area contributed by atoms with Gasteiger partial charge < -0.3 is 15.1 Å². The van der Waals surface area contributed by atoms with Crippen LogP contribution in [0.4, 0.5) is 0 Å². The highest BCUT2D eigenvalue weighted by atomic mass is 16.3. The summed E-state index contributed by atoms with van der Waals surface area (Å²) in [6.45, 7) is 3.69. The summed E-state index contributed by atoms with van der Waals surface area (Å²) < 4.78 is 5.10. The maximum absolute atomic E-state index is 11.6. The van der Waals surface area contributed by atoms with E-state index < -0.39 is 0 Å². The van der Waals surface area contributed by atoms with Crippen LogP contribution in [0.15, 0.2) is 16.7 Å². The van der Waals surface area contributed by atoms with Crippen LogP contribution >= 0.6 is 0 Å². The van der Waals surface area contributed by atoms with Gasteiger partial charge in [0.25, 0.3) is 5.91 Å². The van der Waals surface area contributed by atoms with Crippen LogP contribution in [0.2, 0.25) is 0 Å². The molecule has 1 aromatic heterocycles. The number of carbonyl (C=O) groups excluding carboxylic acids is 1. The van der Waals surface area contributed by atoms with Crippen LogP contribution in [0.1, 0.15) is 22.5 Å². The molecule has 1 fully saturated rings. The predicted octanol–water partition coefficient (Wildman–Crippen LogP) is 0.680. The van der Waals surface area contributed by atoms with Crippen LogP contribution < -0.4 is 10.6 Å². The van der Waals surface area contributed by atoms with E-state index in [0.29, 0.717) is 5.76 Å². The van der Waals surface area contributed by atoms with Crippen molar-refractivity contribution in [1.82, 2.24) is 10.6 Å². The molecule has 2 rings (SSSR count). The molecule has 0 aliphatic carbocycles. The zero-order valence-electron chi connectivity index (χ0n) is 8.17. The highest BCUT2D eigenvalue weighted by Gasteiger charge is 2.19. The maximum Gasteiger partial charge on any atom is 0.287 e. The molecule has 0 bridgehead atoms. The van der Waals surface area contributed by atoms with Crippen LogP contribution in [0.5, 0.6) is 0 Å². The Morgan fingerprint density at radius 1 is 1.71 bits per heavy atom. The molecule has 1 saturated heterocycles. The van der Waals surface area contributed by atoms with Gasteiger partial charge in [-0.3, -0.25) is 4.79 Å². The molecule has 1 aliphatic heterocycles. The largest absolute Gasteiger partial charge is 0.459 e. The highest BCUT2D eigenvalue weighted by molar-refractivity contribution is 5.93. The Balaban J connectivity index is 1.98. The molecule has 76 valence electrons. The number of hydrogen-bond acceptors (Lipinski definition) is 3. The van der Waals surface area contributed by atoms with Gasteiger partial charge in [0.15, 0.2) is 5.76 Å². The van der Waals surface area contributed by atoms with Crippen molar-refractivity contribution in [3.63, 3.8) is 0 Å². The molecule has 4 heteroatoms. The summed E-state index contributed by atoms with van der Waals surface area (Å²) in [5, 5.41) is 6.12. The first kappa shape index (κ1) is 9.27. The lowest BCUT2D eigenvalue weighted by Crippen LogP contribution is -2.36. The second-order valence-electron chi connectivity index (χ2n) is 3.60. The van der Waals surface area contributed by atoms with Crippen LogP contribution in [0, 0.1) is 6.92 Å². The monoisotopic (exact) mass is 194 g/mol. The predicted molar refractivity (Wildman–Crippen MR) is 52.2 cm³/mol. The van der Waals surface area contributed by atoms with Crippen molar-refractivity contribution in [3.05, 3.63) is 23.7 Å². The van der Waals surface area contributed by atoms with E-state index in [9.17, 15) is 4.79 Å². The normalized spacial score (nSPS) is 21.1. The van der Waals surface area contributed by atoms with Gasteiger partial charge in [0.1, 0.15) is 0 Å². The summed E-state index contributed by atoms with van der Waals surface area (Å²) >= 11 is 0. The number of rotatable bonds is 2. The molecule has 1 aliphatic rings. The second kappa shape index (κ2) is 3.84. The molecule has 14 heavy (non-hydrogen) atoms. The Bertz CT molecular complexity index is 327. The van der Waals surface area contributed by atoms with Gasteiger partial charge in [-0.2, -0.15) is 0 Å². The lowest BCUT2D eigenvalue weighted by molar-refractivity contribution is 0.0911. The first-order chi connectivity index (χ1) is 6.77. The molecule has 1 atom stereocenters. The Kier molecular flexibility index (Phi) is 2.54. The second-order valence-corrected chi connectivity index (χ2v) is 3.60. The Hall–Kier alpha value is -1.29. The topological polar surface area (TPSA) is 54.3 Å². The summed E-state index contributed by atoms with van der Waals surface area (Å²) in [7, 11) is 0. The quantitative estimate of drug-likeness (QED) is 0.728. The molecule has 0 radical (unpaired) electrons. The molecule has 1 unspecified atom stereocenters. The average Bonchev–Trinajstić information content (AvgIpc) is 2.75. The maximum atomic E-state index is 11.6. The van der Waals surface area contributed by atoms with Gasteiger partial charge in [0, 0.05) is 18.2 Å². The van der Waals surface area contributed by atoms with Crippen molar-refractivity contribution in [2.24, 2.45) is 0 Å². The number of nitrogens with one attached hydrogen (secondary N) is 2. The molecule has 4 nitrogen and oxygen atoms in total. The lowest BCUT2D eigenvalue weighted by atomic mass is 10.2. The lowest BCUT2D eigenvalue weighted by Gasteiger charge is -2.09. The van der Waals surface area contributed by atoms with Gasteiger partial charge in [0.05, 0.1) is 6.26 Å². The first-order valence-corrected chi connectivity index (χ1v) is 4.83. The van der Waals surface area contributed by atoms with E-state index in [1.165, 1.54) is 6.26 Å². The van der Waals surface area contributed by atoms with Gasteiger partial charge >= 0.3 is 0 Å². The van der Waals surface area contributed by atoms with Crippen molar-refractivity contribution in [1.29, 1.82) is 0 Å². The summed E-state index contributed by atoms with van der Waals surface area (Å²) in [5.74, 6) is 0.318. The molecule has 0 saturated carbocycles. The number of furan rings is 1. The van der Waals surface area contributed by atoms with Crippen molar-refractivity contribution < 1.29 is 9.21 Å². The first-order valence-electron chi connectivity index (χ1n) is 4.83. The molecule has 1 amide bonds. The minimum atomic E-state index is -0.110. The van der Waals surface area contributed by atoms with Gasteiger partial charge in [-0.25, -0.2) is 0 Å². The Morgan fingerprint density at radius 2 is 2.57 bits per heavy atom. The minimum Gasteiger partial charge on any atom is -0.459 e. The Labute approximate surface area is 82.7 Å². The molecule has 0 aromatic carbocycles. The third-order valence-corrected chi connectivity index (χ3v) is 2.46. The van der Waals surface area contributed by atoms with E-state index in [1.54, 1.807) is 6.07 Å². The third-order valence-electron chi connectivity index (χ3n) is 2.46. The molecule has 2 heterocycles. The van der Waals surface area contributed by atoms with Gasteiger partial charge in [-0.15, -0.1) is 0 Å². The van der Waals surface area contributed by atoms with E-state index in [4.69, 9.17) is 4.42 Å². The summed E-state index contributed by atoms with van der Waals surface area (Å²) in [6, 6.07) is 2.04. The Morgan fingerprint density at radius 3 is 3.14 bits per heavy atom. The van der Waals surface area contributed by atoms with Gasteiger partial charge in [-0.05, 0) is 26.0 Å². The van der Waals surface area contributed by atoms with Crippen molar-refractivity contribution >= 4 is 5.91 Å². The standard InChI is InChI=1S/C10H14N2O2/c1-7-3-5-14-9(7)10(13)12-8-2-4-11-6-8/h3,5,8,11H,2,4,6H2,1H3,(H,12,13). The molecule has 1 aromatic rings. The van der Waals surface area contributed by atoms with Gasteiger partial charge in [0.2, 0.25) is 0 Å². The molecular formula is C10H14N2O2. The summed E-state index contributed by atoms with van der Waals surface area (Å²) in [6.07, 6.45) is 2.53. The van der Waals surface area contributed by atoms with Gasteiger partial charge in [-0.1, -0.05) is 0 Å². The van der Waals surface area contributed by atoms with Crippen molar-refractivity contribution in [2.75, 3.05) is 13.1 Å². The van der Waals surface area contributed by atoms with E-state index in [0.717, 1.165) is 25.1 Å². The highest BCUT2D eigenvalue weighted by Crippen LogP contribution is 2.09. The van der Waals surface area contributed by atoms with Crippen molar-refractivity contribution in [3.8, 4) is 0 Å². The van der Waals surface area contributed by atoms with Crippen LogP contribution in [0.3, 0.4) is 0 Å². The molecule has 0 spiro atoms. The number of aryl methyl sites for hydroxylation is 1. The fourth-order valence-corrected chi connectivity index (χ4v) is 1.63. The fourth-order valence-electron chi connectivity index (χ4n) is 1.63. The van der Waals surface area contributed by atoms with E-state index in [1.807, 2.05) is 6.92 Å². The van der Waals surface area contributed by atoms with Crippen molar-refractivity contribution in [2.45, 2.75) is 19.4 Å². The summed E-state index contributed by atoms with van der Waals surface area (Å²) in [5.41, 5.74) is 0.883. The number of carbonyl (C=O) groups is 1.